The molecule has 0 aromatic heterocycles. The van der Waals surface area contributed by atoms with Crippen molar-refractivity contribution in [3.8, 4) is 5.75 Å². The number of halogens is 2. The monoisotopic (exact) mass is 261 g/mol. The van der Waals surface area contributed by atoms with E-state index in [1.165, 1.54) is 19.2 Å². The minimum absolute atomic E-state index is 0.0804. The Balaban J connectivity index is 3.37. The van der Waals surface area contributed by atoms with Crippen LogP contribution in [0, 0.1) is 5.82 Å². The van der Waals surface area contributed by atoms with Gasteiger partial charge in [-0.15, -0.1) is 0 Å². The van der Waals surface area contributed by atoms with E-state index in [-0.39, 0.29) is 28.1 Å². The van der Waals surface area contributed by atoms with Gasteiger partial charge in [0, 0.05) is 5.69 Å². The topological polar surface area (TPSA) is 52.3 Å². The van der Waals surface area contributed by atoms with E-state index in [9.17, 15) is 9.18 Å². The lowest BCUT2D eigenvalue weighted by molar-refractivity contribution is 0.102. The Labute approximate surface area is 89.2 Å². The summed E-state index contributed by atoms with van der Waals surface area (Å²) in [5.74, 6) is -1.00. The van der Waals surface area contributed by atoms with Crippen molar-refractivity contribution < 1.29 is 13.9 Å². The molecule has 1 aromatic carbocycles. The van der Waals surface area contributed by atoms with E-state index in [0.29, 0.717) is 0 Å². The SMILES string of the molecule is COc1c(F)ccc(N)c1C(=O)CBr. The molecule has 0 saturated carbocycles. The zero-order chi connectivity index (χ0) is 10.7. The second kappa shape index (κ2) is 4.41. The van der Waals surface area contributed by atoms with Crippen molar-refractivity contribution in [2.24, 2.45) is 0 Å². The van der Waals surface area contributed by atoms with Crippen molar-refractivity contribution >= 4 is 27.4 Å². The van der Waals surface area contributed by atoms with Crippen molar-refractivity contribution in [3.05, 3.63) is 23.5 Å². The average molecular weight is 262 g/mol. The number of carbonyl (C=O) groups is 1. The van der Waals surface area contributed by atoms with Crippen LogP contribution in [0.15, 0.2) is 12.1 Å². The number of nitrogen functional groups attached to an aromatic ring is 1. The molecule has 0 aliphatic rings. The Morgan fingerprint density at radius 3 is 2.79 bits per heavy atom. The minimum atomic E-state index is -0.592. The highest BCUT2D eigenvalue weighted by Crippen LogP contribution is 2.28. The van der Waals surface area contributed by atoms with Crippen LogP contribution in [0.3, 0.4) is 0 Å². The molecule has 0 atom stereocenters. The Bertz CT molecular complexity index is 368. The summed E-state index contributed by atoms with van der Waals surface area (Å²) in [5.41, 5.74) is 5.86. The molecule has 1 aromatic rings. The Morgan fingerprint density at radius 2 is 2.29 bits per heavy atom. The third kappa shape index (κ3) is 1.87. The molecule has 0 saturated heterocycles. The fourth-order valence-corrected chi connectivity index (χ4v) is 1.41. The van der Waals surface area contributed by atoms with E-state index in [1.54, 1.807) is 0 Å². The smallest absolute Gasteiger partial charge is 0.179 e. The van der Waals surface area contributed by atoms with Crippen LogP contribution in [-0.2, 0) is 0 Å². The second-order valence-corrected chi connectivity index (χ2v) is 3.16. The lowest BCUT2D eigenvalue weighted by atomic mass is 10.1. The number of methoxy groups -OCH3 is 1. The molecule has 2 N–H and O–H groups in total. The van der Waals surface area contributed by atoms with Crippen molar-refractivity contribution in [1.29, 1.82) is 0 Å². The highest BCUT2D eigenvalue weighted by Gasteiger charge is 2.18. The molecule has 0 bridgehead atoms. The van der Waals surface area contributed by atoms with Gasteiger partial charge >= 0.3 is 0 Å². The molecule has 0 aliphatic carbocycles. The summed E-state index contributed by atoms with van der Waals surface area (Å²) in [5, 5.41) is 0.0804. The van der Waals surface area contributed by atoms with Gasteiger partial charge in [-0.1, -0.05) is 15.9 Å². The molecule has 14 heavy (non-hydrogen) atoms. The van der Waals surface area contributed by atoms with Crippen LogP contribution < -0.4 is 10.5 Å². The Kier molecular flexibility index (Phi) is 3.46. The van der Waals surface area contributed by atoms with E-state index in [0.717, 1.165) is 0 Å². The maximum atomic E-state index is 13.2. The number of nitrogens with two attached hydrogens (primary N) is 1. The molecule has 1 rings (SSSR count). The molecule has 0 heterocycles. The third-order valence-electron chi connectivity index (χ3n) is 1.75. The lowest BCUT2D eigenvalue weighted by Gasteiger charge is -2.09. The van der Waals surface area contributed by atoms with Gasteiger partial charge in [0.25, 0.3) is 0 Å². The van der Waals surface area contributed by atoms with E-state index >= 15 is 0 Å². The molecule has 5 heteroatoms. The number of ether oxygens (including phenoxy) is 1. The molecule has 0 aliphatic heterocycles. The molecule has 0 unspecified atom stereocenters. The van der Waals surface area contributed by atoms with Crippen molar-refractivity contribution in [3.63, 3.8) is 0 Å². The number of ketones is 1. The van der Waals surface area contributed by atoms with Gasteiger partial charge in [0.1, 0.15) is 0 Å². The fourth-order valence-electron chi connectivity index (χ4n) is 1.13. The van der Waals surface area contributed by atoms with Gasteiger partial charge in [0.05, 0.1) is 18.0 Å². The highest BCUT2D eigenvalue weighted by molar-refractivity contribution is 9.09. The van der Waals surface area contributed by atoms with Crippen molar-refractivity contribution in [1.82, 2.24) is 0 Å². The maximum absolute atomic E-state index is 13.2. The minimum Gasteiger partial charge on any atom is -0.493 e. The van der Waals surface area contributed by atoms with Crippen LogP contribution in [0.5, 0.6) is 5.75 Å². The number of alkyl halides is 1. The quantitative estimate of drug-likeness (QED) is 0.515. The first-order chi connectivity index (χ1) is 6.61. The van der Waals surface area contributed by atoms with Gasteiger partial charge in [-0.2, -0.15) is 0 Å². The van der Waals surface area contributed by atoms with E-state index < -0.39 is 5.82 Å². The van der Waals surface area contributed by atoms with Crippen LogP contribution in [0.1, 0.15) is 10.4 Å². The first-order valence-electron chi connectivity index (χ1n) is 3.83. The first-order valence-corrected chi connectivity index (χ1v) is 4.95. The number of rotatable bonds is 3. The zero-order valence-corrected chi connectivity index (χ0v) is 9.10. The van der Waals surface area contributed by atoms with Crippen molar-refractivity contribution in [2.45, 2.75) is 0 Å². The maximum Gasteiger partial charge on any atom is 0.179 e. The lowest BCUT2D eigenvalue weighted by Crippen LogP contribution is -2.08. The highest BCUT2D eigenvalue weighted by atomic mass is 79.9. The normalized spacial score (nSPS) is 9.93. The summed E-state index contributed by atoms with van der Waals surface area (Å²) >= 11 is 2.99. The Hall–Kier alpha value is -1.10. The van der Waals surface area contributed by atoms with Gasteiger partial charge in [0.2, 0.25) is 0 Å². The number of carbonyl (C=O) groups excluding carboxylic acids is 1. The predicted molar refractivity (Wildman–Crippen MR) is 55.5 cm³/mol. The number of benzene rings is 1. The van der Waals surface area contributed by atoms with Gasteiger partial charge in [0.15, 0.2) is 17.3 Å². The van der Waals surface area contributed by atoms with Gasteiger partial charge < -0.3 is 10.5 Å². The summed E-state index contributed by atoms with van der Waals surface area (Å²) in [6, 6.07) is 2.51. The average Bonchev–Trinajstić information content (AvgIpc) is 2.19. The van der Waals surface area contributed by atoms with Crippen LogP contribution in [0.25, 0.3) is 0 Å². The molecule has 3 nitrogen and oxygen atoms in total. The molecular formula is C9H9BrFNO2. The summed E-state index contributed by atoms with van der Waals surface area (Å²) in [4.78, 5) is 11.4. The van der Waals surface area contributed by atoms with Crippen molar-refractivity contribution in [2.75, 3.05) is 18.2 Å². The largest absolute Gasteiger partial charge is 0.493 e. The number of hydrogen-bond donors (Lipinski definition) is 1. The first kappa shape index (κ1) is 11.0. The van der Waals surface area contributed by atoms with Crippen LogP contribution in [-0.4, -0.2) is 18.2 Å². The third-order valence-corrected chi connectivity index (χ3v) is 2.26. The fraction of sp³-hybridized carbons (Fsp3) is 0.222. The number of anilines is 1. The zero-order valence-electron chi connectivity index (χ0n) is 7.51. The van der Waals surface area contributed by atoms with Gasteiger partial charge in [-0.05, 0) is 12.1 Å². The molecule has 76 valence electrons. The summed E-state index contributed by atoms with van der Waals surface area (Å²) in [6.07, 6.45) is 0. The van der Waals surface area contributed by atoms with E-state index in [2.05, 4.69) is 15.9 Å². The van der Waals surface area contributed by atoms with Gasteiger partial charge in [-0.25, -0.2) is 4.39 Å². The van der Waals surface area contributed by atoms with Gasteiger partial charge in [-0.3, -0.25) is 4.79 Å². The van der Waals surface area contributed by atoms with Crippen LogP contribution in [0.4, 0.5) is 10.1 Å². The number of hydrogen-bond acceptors (Lipinski definition) is 3. The van der Waals surface area contributed by atoms with E-state index in [1.807, 2.05) is 0 Å². The standard InChI is InChI=1S/C9H9BrFNO2/c1-14-9-5(11)2-3-6(12)8(9)7(13)4-10/h2-3H,4,12H2,1H3. The summed E-state index contributed by atoms with van der Waals surface area (Å²) < 4.78 is 18.0. The molecular weight excluding hydrogens is 253 g/mol. The number of Topliss-reactive ketones (excluding diaryl/α,β-unsaturated/α-hetero) is 1. The van der Waals surface area contributed by atoms with E-state index in [4.69, 9.17) is 10.5 Å². The predicted octanol–water partition coefficient (Wildman–Crippen LogP) is 1.99. The second-order valence-electron chi connectivity index (χ2n) is 2.60. The molecule has 0 spiro atoms. The van der Waals surface area contributed by atoms with Crippen LogP contribution in [0.2, 0.25) is 0 Å². The summed E-state index contributed by atoms with van der Waals surface area (Å²) in [6.45, 7) is 0. The molecule has 0 amide bonds. The molecule has 0 fully saturated rings. The van der Waals surface area contributed by atoms with Crippen LogP contribution >= 0.6 is 15.9 Å². The molecule has 0 radical (unpaired) electrons. The Morgan fingerprint density at radius 1 is 1.64 bits per heavy atom. The summed E-state index contributed by atoms with van der Waals surface area (Å²) in [7, 11) is 1.29.